The lowest BCUT2D eigenvalue weighted by molar-refractivity contribution is -0.121. The van der Waals surface area contributed by atoms with Crippen LogP contribution in [0.1, 0.15) is 26.2 Å². The maximum Gasteiger partial charge on any atom is 0.332 e. The van der Waals surface area contributed by atoms with Crippen molar-refractivity contribution >= 4 is 24.2 Å². The summed E-state index contributed by atoms with van der Waals surface area (Å²) in [6, 6.07) is -1.41. The van der Waals surface area contributed by atoms with Crippen molar-refractivity contribution in [3.8, 4) is 0 Å². The van der Waals surface area contributed by atoms with E-state index in [1.165, 1.54) is 6.21 Å². The third-order valence-electron chi connectivity index (χ3n) is 2.35. The Hall–Kier alpha value is -2.12. The van der Waals surface area contributed by atoms with Gasteiger partial charge in [0.25, 0.3) is 5.91 Å². The van der Waals surface area contributed by atoms with Gasteiger partial charge >= 0.3 is 12.1 Å². The number of imide groups is 1. The highest BCUT2D eigenvalue weighted by Crippen LogP contribution is 2.16. The van der Waals surface area contributed by atoms with Gasteiger partial charge in [0.05, 0.1) is 6.21 Å². The van der Waals surface area contributed by atoms with E-state index in [1.54, 1.807) is 0 Å². The summed E-state index contributed by atoms with van der Waals surface area (Å²) in [7, 11) is 0. The van der Waals surface area contributed by atoms with Crippen molar-refractivity contribution < 1.29 is 14.4 Å². The van der Waals surface area contributed by atoms with Crippen molar-refractivity contribution in [3.63, 3.8) is 0 Å². The SMILES string of the molecule is CCCCC1(C=NNC(N)=O)NC(=O)NC1=O. The fourth-order valence-corrected chi connectivity index (χ4v) is 1.50. The zero-order chi connectivity index (χ0) is 12.9. The molecule has 0 radical (unpaired) electrons. The number of rotatable bonds is 5. The van der Waals surface area contributed by atoms with E-state index in [1.807, 2.05) is 12.3 Å². The fourth-order valence-electron chi connectivity index (χ4n) is 1.50. The molecule has 0 spiro atoms. The molecule has 1 aliphatic rings. The fraction of sp³-hybridized carbons (Fsp3) is 0.556. The average Bonchev–Trinajstić information content (AvgIpc) is 2.51. The van der Waals surface area contributed by atoms with E-state index < -0.39 is 23.5 Å². The molecule has 1 saturated heterocycles. The van der Waals surface area contributed by atoms with E-state index in [0.717, 1.165) is 12.8 Å². The lowest BCUT2D eigenvalue weighted by Crippen LogP contribution is -2.49. The normalized spacial score (nSPS) is 23.6. The van der Waals surface area contributed by atoms with Crippen LogP contribution in [0.25, 0.3) is 0 Å². The second-order valence-corrected chi connectivity index (χ2v) is 3.72. The maximum absolute atomic E-state index is 11.7. The highest BCUT2D eigenvalue weighted by atomic mass is 16.2. The van der Waals surface area contributed by atoms with Gasteiger partial charge in [-0.15, -0.1) is 0 Å². The van der Waals surface area contributed by atoms with Crippen LogP contribution in [0.3, 0.4) is 0 Å². The second kappa shape index (κ2) is 5.28. The topological polar surface area (TPSA) is 126 Å². The van der Waals surface area contributed by atoms with Gasteiger partial charge < -0.3 is 11.1 Å². The van der Waals surface area contributed by atoms with Gasteiger partial charge in [-0.3, -0.25) is 10.1 Å². The Labute approximate surface area is 98.0 Å². The first kappa shape index (κ1) is 12.9. The predicted octanol–water partition coefficient (Wildman–Crippen LogP) is -0.591. The molecule has 0 bridgehead atoms. The zero-order valence-corrected chi connectivity index (χ0v) is 9.45. The minimum absolute atomic E-state index is 0.408. The van der Waals surface area contributed by atoms with Gasteiger partial charge in [0, 0.05) is 0 Å². The molecule has 0 aromatic heterocycles. The molecular formula is C9H15N5O3. The van der Waals surface area contributed by atoms with E-state index in [9.17, 15) is 14.4 Å². The summed E-state index contributed by atoms with van der Waals surface area (Å²) >= 11 is 0. The monoisotopic (exact) mass is 241 g/mol. The second-order valence-electron chi connectivity index (χ2n) is 3.72. The van der Waals surface area contributed by atoms with Crippen molar-refractivity contribution in [1.82, 2.24) is 16.1 Å². The van der Waals surface area contributed by atoms with Crippen LogP contribution in [0, 0.1) is 0 Å². The molecule has 1 fully saturated rings. The molecule has 1 rings (SSSR count). The number of carbonyl (C=O) groups is 3. The number of amides is 5. The van der Waals surface area contributed by atoms with Gasteiger partial charge in [-0.1, -0.05) is 19.8 Å². The number of carbonyl (C=O) groups excluding carboxylic acids is 3. The quantitative estimate of drug-likeness (QED) is 0.292. The van der Waals surface area contributed by atoms with E-state index in [2.05, 4.69) is 15.7 Å². The largest absolute Gasteiger partial charge is 0.350 e. The number of nitrogens with two attached hydrogens (primary N) is 1. The first-order valence-corrected chi connectivity index (χ1v) is 5.23. The number of urea groups is 2. The molecule has 1 atom stereocenters. The number of hydrogen-bond donors (Lipinski definition) is 4. The van der Waals surface area contributed by atoms with Crippen LogP contribution < -0.4 is 21.8 Å². The van der Waals surface area contributed by atoms with Crippen LogP contribution in [-0.4, -0.2) is 29.7 Å². The number of primary amides is 1. The summed E-state index contributed by atoms with van der Waals surface area (Å²) in [5.41, 5.74) is 5.62. The number of hydrogen-bond acceptors (Lipinski definition) is 4. The molecular weight excluding hydrogens is 226 g/mol. The lowest BCUT2D eigenvalue weighted by Gasteiger charge is -2.20. The molecule has 1 heterocycles. The molecule has 0 aromatic rings. The molecule has 5 N–H and O–H groups in total. The average molecular weight is 241 g/mol. The number of nitrogens with one attached hydrogen (secondary N) is 3. The molecule has 0 saturated carbocycles. The van der Waals surface area contributed by atoms with Crippen LogP contribution in [0.5, 0.6) is 0 Å². The first-order chi connectivity index (χ1) is 8.00. The van der Waals surface area contributed by atoms with Crippen LogP contribution in [-0.2, 0) is 4.79 Å². The smallest absolute Gasteiger partial charge is 0.332 e. The minimum atomic E-state index is -1.20. The van der Waals surface area contributed by atoms with Crippen molar-refractivity contribution in [1.29, 1.82) is 0 Å². The van der Waals surface area contributed by atoms with E-state index in [-0.39, 0.29) is 0 Å². The number of nitrogens with zero attached hydrogens (tertiary/aromatic N) is 1. The van der Waals surface area contributed by atoms with E-state index >= 15 is 0 Å². The molecule has 5 amide bonds. The van der Waals surface area contributed by atoms with Crippen molar-refractivity contribution in [3.05, 3.63) is 0 Å². The summed E-state index contributed by atoms with van der Waals surface area (Å²) in [4.78, 5) is 33.2. The van der Waals surface area contributed by atoms with Gasteiger partial charge in [-0.2, -0.15) is 5.10 Å². The third-order valence-corrected chi connectivity index (χ3v) is 2.35. The Bertz CT molecular complexity index is 368. The summed E-state index contributed by atoms with van der Waals surface area (Å²) in [6.45, 7) is 1.96. The van der Waals surface area contributed by atoms with Gasteiger partial charge in [-0.25, -0.2) is 15.0 Å². The van der Waals surface area contributed by atoms with Crippen molar-refractivity contribution in [2.45, 2.75) is 31.7 Å². The molecule has 94 valence electrons. The molecule has 0 aliphatic carbocycles. The Morgan fingerprint density at radius 2 is 2.29 bits per heavy atom. The predicted molar refractivity (Wildman–Crippen MR) is 60.1 cm³/mol. The summed E-state index contributed by atoms with van der Waals surface area (Å²) in [6.07, 6.45) is 3.19. The molecule has 1 aliphatic heterocycles. The first-order valence-electron chi connectivity index (χ1n) is 5.23. The van der Waals surface area contributed by atoms with E-state index in [4.69, 9.17) is 5.73 Å². The van der Waals surface area contributed by atoms with E-state index in [0.29, 0.717) is 6.42 Å². The van der Waals surface area contributed by atoms with Crippen molar-refractivity contribution in [2.24, 2.45) is 10.8 Å². The molecule has 8 heteroatoms. The Morgan fingerprint density at radius 1 is 1.59 bits per heavy atom. The Balaban J connectivity index is 2.79. The maximum atomic E-state index is 11.7. The van der Waals surface area contributed by atoms with Gasteiger partial charge in [-0.05, 0) is 6.42 Å². The molecule has 8 nitrogen and oxygen atoms in total. The van der Waals surface area contributed by atoms with Crippen LogP contribution in [0.4, 0.5) is 9.59 Å². The minimum Gasteiger partial charge on any atom is -0.350 e. The van der Waals surface area contributed by atoms with Gasteiger partial charge in [0.1, 0.15) is 0 Å². The molecule has 1 unspecified atom stereocenters. The lowest BCUT2D eigenvalue weighted by atomic mass is 9.94. The van der Waals surface area contributed by atoms with Crippen LogP contribution >= 0.6 is 0 Å². The zero-order valence-electron chi connectivity index (χ0n) is 9.45. The number of hydrazone groups is 1. The van der Waals surface area contributed by atoms with Crippen molar-refractivity contribution in [2.75, 3.05) is 0 Å². The standard InChI is InChI=1S/C9H15N5O3/c1-2-3-4-9(5-11-14-7(10)16)6(15)12-8(17)13-9/h5H,2-4H2,1H3,(H3,10,14,16)(H2,12,13,15,17). The summed E-state index contributed by atoms with van der Waals surface area (Å²) in [5.74, 6) is -0.481. The molecule has 17 heavy (non-hydrogen) atoms. The summed E-state index contributed by atoms with van der Waals surface area (Å²) in [5, 5.41) is 8.15. The Morgan fingerprint density at radius 3 is 2.76 bits per heavy atom. The summed E-state index contributed by atoms with van der Waals surface area (Å²) < 4.78 is 0. The molecule has 0 aromatic carbocycles. The number of unbranched alkanes of at least 4 members (excludes halogenated alkanes) is 1. The highest BCUT2D eigenvalue weighted by Gasteiger charge is 2.44. The Kier molecular flexibility index (Phi) is 4.02. The highest BCUT2D eigenvalue weighted by molar-refractivity contribution is 6.16. The third kappa shape index (κ3) is 3.16. The van der Waals surface area contributed by atoms with Crippen LogP contribution in [0.2, 0.25) is 0 Å². The van der Waals surface area contributed by atoms with Gasteiger partial charge in [0.15, 0.2) is 5.54 Å². The van der Waals surface area contributed by atoms with Crippen LogP contribution in [0.15, 0.2) is 5.10 Å². The van der Waals surface area contributed by atoms with Gasteiger partial charge in [0.2, 0.25) is 0 Å².